The van der Waals surface area contributed by atoms with E-state index < -0.39 is 51.6 Å². The molecule has 0 fully saturated rings. The van der Waals surface area contributed by atoms with E-state index in [0.717, 1.165) is 50.6 Å². The molecule has 2 aliphatic carbocycles. The van der Waals surface area contributed by atoms with Gasteiger partial charge in [0.05, 0.1) is 14.2 Å². The molecule has 0 N–H and O–H groups in total. The number of benzene rings is 5. The Labute approximate surface area is 315 Å². The summed E-state index contributed by atoms with van der Waals surface area (Å²) in [5, 5.41) is 11.2. The SMILES string of the molecule is C=CCOC(=O)c1c(C(O[N+](=O)[O-])(C(=O)OCC2c3ccccc3-c3ccccc32)C(=O)OCC2c3ccccc3-c3ccccc32)ccc(OC)c1OC. The first-order valence-electron chi connectivity index (χ1n) is 17.3. The van der Waals surface area contributed by atoms with Crippen molar-refractivity contribution in [1.82, 2.24) is 0 Å². The number of rotatable bonds is 14. The minimum atomic E-state index is -3.32. The molecular formula is C43H35NO11. The van der Waals surface area contributed by atoms with Gasteiger partial charge in [-0.05, 0) is 50.6 Å². The van der Waals surface area contributed by atoms with Crippen LogP contribution in [0.25, 0.3) is 22.3 Å². The van der Waals surface area contributed by atoms with Crippen LogP contribution >= 0.6 is 0 Å². The summed E-state index contributed by atoms with van der Waals surface area (Å²) in [6, 6.07) is 32.7. The second-order valence-electron chi connectivity index (χ2n) is 12.8. The van der Waals surface area contributed by atoms with Crippen molar-refractivity contribution >= 4 is 17.9 Å². The molecule has 278 valence electrons. The van der Waals surface area contributed by atoms with E-state index in [9.17, 15) is 24.5 Å². The number of methoxy groups -OCH3 is 2. The maximum absolute atomic E-state index is 14.8. The van der Waals surface area contributed by atoms with E-state index in [4.69, 9.17) is 28.5 Å². The standard InChI is InChI=1S/C43H35NO11/c1-4-23-52-40(45)38-36(21-22-37(50-2)39(38)51-3)43(55-44(48)49,41(46)53-24-34-30-17-9-5-13-26(30)27-14-6-10-18-31(27)34)42(47)54-25-35-32-19-11-7-15-28(32)29-16-8-12-20-33(29)35/h4-22,34-35H,1,23-25H2,2-3H3. The van der Waals surface area contributed by atoms with Crippen LogP contribution in [0.3, 0.4) is 0 Å². The summed E-state index contributed by atoms with van der Waals surface area (Å²) in [5.41, 5.74) is 2.59. The fourth-order valence-electron chi connectivity index (χ4n) is 7.57. The molecule has 55 heavy (non-hydrogen) atoms. The van der Waals surface area contributed by atoms with Crippen molar-refractivity contribution in [2.45, 2.75) is 17.4 Å². The second-order valence-corrected chi connectivity index (χ2v) is 12.8. The lowest BCUT2D eigenvalue weighted by Gasteiger charge is -2.30. The van der Waals surface area contributed by atoms with Gasteiger partial charge in [-0.1, -0.05) is 116 Å². The molecule has 12 nitrogen and oxygen atoms in total. The Morgan fingerprint density at radius 3 is 1.49 bits per heavy atom. The quantitative estimate of drug-likeness (QED) is 0.0285. The van der Waals surface area contributed by atoms with Gasteiger partial charge < -0.3 is 23.7 Å². The zero-order valence-corrected chi connectivity index (χ0v) is 29.9. The zero-order chi connectivity index (χ0) is 38.7. The van der Waals surface area contributed by atoms with E-state index in [1.165, 1.54) is 26.4 Å². The maximum atomic E-state index is 14.8. The average molecular weight is 742 g/mol. The number of fused-ring (bicyclic) bond motifs is 6. The fraction of sp³-hybridized carbons (Fsp3) is 0.186. The molecule has 12 heteroatoms. The largest absolute Gasteiger partial charge is 0.493 e. The summed E-state index contributed by atoms with van der Waals surface area (Å²) in [7, 11) is 2.51. The summed E-state index contributed by atoms with van der Waals surface area (Å²) < 4.78 is 28.1. The van der Waals surface area contributed by atoms with E-state index in [1.54, 1.807) is 0 Å². The molecule has 0 aliphatic heterocycles. The number of ether oxygens (including phenoxy) is 5. The highest BCUT2D eigenvalue weighted by molar-refractivity contribution is 6.08. The van der Waals surface area contributed by atoms with Crippen molar-refractivity contribution in [3.05, 3.63) is 165 Å². The number of carbonyl (C=O) groups excluding carboxylic acids is 3. The minimum Gasteiger partial charge on any atom is -0.493 e. The van der Waals surface area contributed by atoms with Crippen LogP contribution in [0.4, 0.5) is 0 Å². The van der Waals surface area contributed by atoms with E-state index in [0.29, 0.717) is 0 Å². The topological polar surface area (TPSA) is 150 Å². The third-order valence-corrected chi connectivity index (χ3v) is 9.94. The molecule has 0 saturated carbocycles. The van der Waals surface area contributed by atoms with Gasteiger partial charge in [0, 0.05) is 17.4 Å². The number of carbonyl (C=O) groups is 3. The van der Waals surface area contributed by atoms with E-state index in [-0.39, 0.29) is 31.3 Å². The van der Waals surface area contributed by atoms with Crippen LogP contribution < -0.4 is 9.47 Å². The highest BCUT2D eigenvalue weighted by Crippen LogP contribution is 2.47. The van der Waals surface area contributed by atoms with Crippen LogP contribution in [0.1, 0.15) is 50.0 Å². The van der Waals surface area contributed by atoms with Gasteiger partial charge in [0.1, 0.15) is 25.4 Å². The molecule has 5 aromatic carbocycles. The smallest absolute Gasteiger partial charge is 0.355 e. The van der Waals surface area contributed by atoms with Crippen LogP contribution in [0, 0.1) is 10.1 Å². The molecule has 0 unspecified atom stereocenters. The Kier molecular flexibility index (Phi) is 10.1. The molecule has 0 radical (unpaired) electrons. The van der Waals surface area contributed by atoms with Crippen LogP contribution in [-0.2, 0) is 34.2 Å². The van der Waals surface area contributed by atoms with Crippen molar-refractivity contribution in [1.29, 1.82) is 0 Å². The summed E-state index contributed by atoms with van der Waals surface area (Å²) in [5.74, 6) is -5.44. The summed E-state index contributed by atoms with van der Waals surface area (Å²) in [4.78, 5) is 61.0. The Morgan fingerprint density at radius 2 is 1.11 bits per heavy atom. The van der Waals surface area contributed by atoms with Gasteiger partial charge in [-0.3, -0.25) is 4.84 Å². The molecule has 0 spiro atoms. The van der Waals surface area contributed by atoms with Gasteiger partial charge in [0.25, 0.3) is 5.09 Å². The summed E-state index contributed by atoms with van der Waals surface area (Å²) in [6.45, 7) is 2.57. The molecule has 0 heterocycles. The van der Waals surface area contributed by atoms with Gasteiger partial charge in [0.2, 0.25) is 0 Å². The fourth-order valence-corrected chi connectivity index (χ4v) is 7.57. The first-order chi connectivity index (χ1) is 26.7. The van der Waals surface area contributed by atoms with Crippen molar-refractivity contribution in [2.75, 3.05) is 34.0 Å². The Balaban J connectivity index is 1.34. The van der Waals surface area contributed by atoms with Crippen molar-refractivity contribution in [3.8, 4) is 33.8 Å². The number of hydrogen-bond acceptors (Lipinski definition) is 11. The molecule has 5 aromatic rings. The van der Waals surface area contributed by atoms with Crippen LogP contribution in [0.15, 0.2) is 122 Å². The van der Waals surface area contributed by atoms with E-state index >= 15 is 0 Å². The highest BCUT2D eigenvalue weighted by atomic mass is 17.0. The number of nitrogens with zero attached hydrogens (tertiary/aromatic N) is 1. The van der Waals surface area contributed by atoms with Gasteiger partial charge in [-0.15, -0.1) is 10.1 Å². The van der Waals surface area contributed by atoms with Crippen LogP contribution in [0.5, 0.6) is 11.5 Å². The van der Waals surface area contributed by atoms with Gasteiger partial charge in [0.15, 0.2) is 11.5 Å². The van der Waals surface area contributed by atoms with E-state index in [2.05, 4.69) is 6.58 Å². The molecule has 0 saturated heterocycles. The first-order valence-corrected chi connectivity index (χ1v) is 17.3. The molecule has 2 aliphatic rings. The molecule has 7 rings (SSSR count). The lowest BCUT2D eigenvalue weighted by Crippen LogP contribution is -2.51. The van der Waals surface area contributed by atoms with Gasteiger partial charge in [-0.25, -0.2) is 14.4 Å². The highest BCUT2D eigenvalue weighted by Gasteiger charge is 2.58. The molecule has 0 bridgehead atoms. The zero-order valence-electron chi connectivity index (χ0n) is 29.9. The van der Waals surface area contributed by atoms with E-state index in [1.807, 2.05) is 97.1 Å². The predicted octanol–water partition coefficient (Wildman–Crippen LogP) is 7.16. The molecule has 0 aromatic heterocycles. The summed E-state index contributed by atoms with van der Waals surface area (Å²) >= 11 is 0. The molecule has 0 atom stereocenters. The van der Waals surface area contributed by atoms with Crippen LogP contribution in [0.2, 0.25) is 0 Å². The lowest BCUT2D eigenvalue weighted by atomic mass is 9.88. The Bertz CT molecular complexity index is 2130. The second kappa shape index (κ2) is 15.2. The van der Waals surface area contributed by atoms with Crippen LogP contribution in [-0.4, -0.2) is 57.0 Å². The minimum absolute atomic E-state index is 0.00752. The Hall–Kier alpha value is -6.95. The molecule has 0 amide bonds. The predicted molar refractivity (Wildman–Crippen MR) is 199 cm³/mol. The monoisotopic (exact) mass is 741 g/mol. The third-order valence-electron chi connectivity index (χ3n) is 9.94. The van der Waals surface area contributed by atoms with Crippen molar-refractivity contribution < 1.29 is 48.0 Å². The third kappa shape index (κ3) is 6.31. The first kappa shape index (κ1) is 36.4. The lowest BCUT2D eigenvalue weighted by molar-refractivity contribution is -0.775. The van der Waals surface area contributed by atoms with Crippen molar-refractivity contribution in [2.24, 2.45) is 0 Å². The van der Waals surface area contributed by atoms with Crippen molar-refractivity contribution in [3.63, 3.8) is 0 Å². The number of esters is 3. The number of hydrogen-bond donors (Lipinski definition) is 0. The van der Waals surface area contributed by atoms with Gasteiger partial charge in [-0.2, -0.15) is 0 Å². The normalized spacial score (nSPS) is 12.7. The molecular weight excluding hydrogens is 706 g/mol. The van der Waals surface area contributed by atoms with Gasteiger partial charge >= 0.3 is 23.5 Å². The summed E-state index contributed by atoms with van der Waals surface area (Å²) in [6.07, 6.45) is 1.29. The average Bonchev–Trinajstić information content (AvgIpc) is 3.71. The Morgan fingerprint density at radius 1 is 0.673 bits per heavy atom. The maximum Gasteiger partial charge on any atom is 0.355 e.